The first-order chi connectivity index (χ1) is 4.50. The molecule has 0 radical (unpaired) electrons. The van der Waals surface area contributed by atoms with Crippen LogP contribution in [0, 0.1) is 40.8 Å². The van der Waals surface area contributed by atoms with Gasteiger partial charge in [-0.2, -0.15) is 0 Å². The molecule has 0 unspecified atom stereocenters. The number of hydrogen-bond acceptors (Lipinski definition) is 0. The Balaban J connectivity index is 0. The molecule has 0 bridgehead atoms. The zero-order valence-electron chi connectivity index (χ0n) is 6.18. The Morgan fingerprint density at radius 1 is 0.636 bits per heavy atom. The van der Waals surface area contributed by atoms with E-state index >= 15 is 0 Å². The molecule has 0 aromatic rings. The van der Waals surface area contributed by atoms with Crippen LogP contribution in [-0.2, 0) is 17.1 Å². The first-order valence-corrected chi connectivity index (χ1v) is 3.15. The molecule has 0 aliphatic carbocycles. The Kier molecular flexibility index (Phi) is 14.3. The summed E-state index contributed by atoms with van der Waals surface area (Å²) >= 11 is 0. The van der Waals surface area contributed by atoms with Gasteiger partial charge in [-0.15, -0.1) is 12.0 Å². The third-order valence-electron chi connectivity index (χ3n) is 1.10. The molecule has 0 saturated carbocycles. The van der Waals surface area contributed by atoms with Crippen molar-refractivity contribution in [1.82, 2.24) is 0 Å². The Morgan fingerprint density at radius 2 is 1.00 bits per heavy atom. The summed E-state index contributed by atoms with van der Waals surface area (Å²) in [5.74, 6) is 4.25. The van der Waals surface area contributed by atoms with Crippen LogP contribution in [0.15, 0.2) is 48.4 Å². The van der Waals surface area contributed by atoms with Crippen LogP contribution in [0.4, 0.5) is 0 Å². The van der Waals surface area contributed by atoms with Gasteiger partial charge in [-0.05, 0) is 0 Å². The van der Waals surface area contributed by atoms with E-state index in [1.807, 2.05) is 24.3 Å². The first-order valence-electron chi connectivity index (χ1n) is 3.15. The minimum absolute atomic E-state index is 0. The van der Waals surface area contributed by atoms with Gasteiger partial charge in [0.25, 0.3) is 0 Å². The minimum Gasteiger partial charge on any atom is -0.114 e. The van der Waals surface area contributed by atoms with Gasteiger partial charge in [0.1, 0.15) is 0 Å². The summed E-state index contributed by atoms with van der Waals surface area (Å²) in [6, 6.07) is 0. The van der Waals surface area contributed by atoms with Gasteiger partial charge in [0.2, 0.25) is 0 Å². The molecule has 1 aliphatic rings. The molecular weight excluding hydrogens is 307 g/mol. The maximum absolute atomic E-state index is 2.12. The Bertz CT molecular complexity index is 163. The average Bonchev–Trinajstić information content (AvgIpc) is 2.00. The van der Waals surface area contributed by atoms with Gasteiger partial charge in [-0.25, -0.2) is 0 Å². The maximum atomic E-state index is 2.12. The van der Waals surface area contributed by atoms with Crippen molar-refractivity contribution < 1.29 is 57.9 Å². The second-order valence-electron chi connectivity index (χ2n) is 1.86. The molecule has 0 amide bonds. The van der Waals surface area contributed by atoms with Gasteiger partial charge in [-0.3, -0.25) is 0 Å². The topological polar surface area (TPSA) is 0 Å². The average molecular weight is 316 g/mol. The Morgan fingerprint density at radius 3 is 1.45 bits per heavy atom. The summed E-state index contributed by atoms with van der Waals surface area (Å²) in [5.41, 5.74) is 0. The van der Waals surface area contributed by atoms with E-state index in [0.29, 0.717) is 0 Å². The molecule has 0 fully saturated rings. The summed E-state index contributed by atoms with van der Waals surface area (Å²) in [4.78, 5) is 0. The van der Waals surface area contributed by atoms with Crippen molar-refractivity contribution in [2.75, 3.05) is 0 Å². The molecule has 56 valence electrons. The van der Waals surface area contributed by atoms with Crippen LogP contribution >= 0.6 is 0 Å². The molecule has 0 spiro atoms. The molecule has 0 aromatic heterocycles. The van der Waals surface area contributed by atoms with E-state index in [9.17, 15) is 0 Å². The molecule has 1 rings (SSSR count). The Labute approximate surface area is 112 Å². The second-order valence-corrected chi connectivity index (χ2v) is 1.86. The zero-order chi connectivity index (χ0) is 6.36. The molecular formula is C8H9BFeNd. The third-order valence-corrected chi connectivity index (χ3v) is 1.10. The van der Waals surface area contributed by atoms with E-state index < -0.39 is 0 Å². The van der Waals surface area contributed by atoms with Crippen molar-refractivity contribution in [2.24, 2.45) is 0 Å². The smallest absolute Gasteiger partial charge is 0.114 e. The van der Waals surface area contributed by atoms with Crippen molar-refractivity contribution in [1.29, 1.82) is 0 Å². The van der Waals surface area contributed by atoms with Gasteiger partial charge in [0, 0.05) is 57.9 Å². The fraction of sp³-hybridized carbons (Fsp3) is 0. The van der Waals surface area contributed by atoms with E-state index in [2.05, 4.69) is 24.1 Å². The molecule has 0 N–H and O–H groups in total. The molecule has 1 aliphatic heterocycles. The van der Waals surface area contributed by atoms with E-state index in [0.717, 1.165) is 7.28 Å². The van der Waals surface area contributed by atoms with E-state index in [1.165, 1.54) is 0 Å². The second kappa shape index (κ2) is 10.9. The largest absolute Gasteiger partial charge is 0.173 e. The maximum Gasteiger partial charge on any atom is 0.173 e. The molecule has 0 aromatic carbocycles. The summed E-state index contributed by atoms with van der Waals surface area (Å²) in [7, 11) is 1.04. The molecule has 11 heavy (non-hydrogen) atoms. The van der Waals surface area contributed by atoms with Crippen molar-refractivity contribution in [3.05, 3.63) is 48.4 Å². The predicted molar refractivity (Wildman–Crippen MR) is 43.7 cm³/mol. The van der Waals surface area contributed by atoms with Crippen molar-refractivity contribution >= 4 is 7.28 Å². The number of allylic oxidation sites excluding steroid dienone is 6. The molecule has 0 nitrogen and oxygen atoms in total. The van der Waals surface area contributed by atoms with E-state index in [1.54, 1.807) is 0 Å². The van der Waals surface area contributed by atoms with Gasteiger partial charge in [0.15, 0.2) is 7.28 Å². The van der Waals surface area contributed by atoms with Crippen LogP contribution in [0.1, 0.15) is 0 Å². The SMILES string of the molecule is B1C=CC=CC=CC=C1.[Fe].[Nd]. The molecule has 0 atom stereocenters. The standard InChI is InChI=1S/C8H9B.Fe.Nd/c1-2-4-6-8-9-7-5-3-1;;/h1-9H;;. The summed E-state index contributed by atoms with van der Waals surface area (Å²) in [5, 5.41) is 0. The zero-order valence-corrected chi connectivity index (χ0v) is 10.5. The fourth-order valence-electron chi connectivity index (χ4n) is 0.649. The first kappa shape index (κ1) is 14.4. The molecule has 3 heteroatoms. The normalized spacial score (nSPS) is 13.1. The summed E-state index contributed by atoms with van der Waals surface area (Å²) in [6.45, 7) is 0. The summed E-state index contributed by atoms with van der Waals surface area (Å²) < 4.78 is 0. The van der Waals surface area contributed by atoms with E-state index in [-0.39, 0.29) is 57.9 Å². The van der Waals surface area contributed by atoms with Gasteiger partial charge in [-0.1, -0.05) is 36.5 Å². The van der Waals surface area contributed by atoms with Gasteiger partial charge >= 0.3 is 0 Å². The van der Waals surface area contributed by atoms with E-state index in [4.69, 9.17) is 0 Å². The molecule has 0 saturated heterocycles. The van der Waals surface area contributed by atoms with Crippen molar-refractivity contribution in [3.63, 3.8) is 0 Å². The minimum atomic E-state index is 0. The van der Waals surface area contributed by atoms with Crippen LogP contribution in [0.2, 0.25) is 0 Å². The monoisotopic (exact) mass is 314 g/mol. The predicted octanol–water partition coefficient (Wildman–Crippen LogP) is 1.57. The molecule has 1 heterocycles. The fourth-order valence-corrected chi connectivity index (χ4v) is 0.649. The quantitative estimate of drug-likeness (QED) is 0.595. The van der Waals surface area contributed by atoms with Gasteiger partial charge in [0.05, 0.1) is 0 Å². The van der Waals surface area contributed by atoms with Gasteiger partial charge < -0.3 is 0 Å². The third kappa shape index (κ3) is 8.80. The number of rotatable bonds is 0. The summed E-state index contributed by atoms with van der Waals surface area (Å²) in [6.07, 6.45) is 12.2. The van der Waals surface area contributed by atoms with Crippen molar-refractivity contribution in [3.8, 4) is 0 Å². The van der Waals surface area contributed by atoms with Crippen LogP contribution in [-0.4, -0.2) is 7.28 Å². The van der Waals surface area contributed by atoms with Crippen LogP contribution < -0.4 is 0 Å². The number of hydrogen-bond donors (Lipinski definition) is 0. The Hall–Kier alpha value is 0.895. The van der Waals surface area contributed by atoms with Crippen LogP contribution in [0.25, 0.3) is 0 Å². The van der Waals surface area contributed by atoms with Crippen LogP contribution in [0.5, 0.6) is 0 Å². The van der Waals surface area contributed by atoms with Crippen molar-refractivity contribution in [2.45, 2.75) is 0 Å². The van der Waals surface area contributed by atoms with Crippen LogP contribution in [0.3, 0.4) is 0 Å².